The summed E-state index contributed by atoms with van der Waals surface area (Å²) in [6.07, 6.45) is 0.309. The maximum absolute atomic E-state index is 12.8. The van der Waals surface area contributed by atoms with Crippen molar-refractivity contribution >= 4 is 34.7 Å². The average Bonchev–Trinajstić information content (AvgIpc) is 2.70. The topological polar surface area (TPSA) is 104 Å². The van der Waals surface area contributed by atoms with Crippen molar-refractivity contribution in [3.63, 3.8) is 0 Å². The van der Waals surface area contributed by atoms with Gasteiger partial charge in [-0.2, -0.15) is 0 Å². The molecule has 1 aromatic rings. The summed E-state index contributed by atoms with van der Waals surface area (Å²) >= 11 is 1.06. The third kappa shape index (κ3) is 5.32. The van der Waals surface area contributed by atoms with Gasteiger partial charge < -0.3 is 15.3 Å². The molecule has 0 saturated carbocycles. The van der Waals surface area contributed by atoms with Crippen LogP contribution in [-0.2, 0) is 32.1 Å². The first-order valence-electron chi connectivity index (χ1n) is 8.29. The lowest BCUT2D eigenvalue weighted by Gasteiger charge is -2.24. The molecule has 0 aliphatic carbocycles. The number of hydrogen-bond donors (Lipinski definition) is 2. The predicted octanol–water partition coefficient (Wildman–Crippen LogP) is 1.06. The van der Waals surface area contributed by atoms with Crippen LogP contribution in [0.1, 0.15) is 25.0 Å². The molecule has 2 N–H and O–H groups in total. The first kappa shape index (κ1) is 20.0. The van der Waals surface area contributed by atoms with E-state index in [1.54, 1.807) is 6.92 Å². The summed E-state index contributed by atoms with van der Waals surface area (Å²) in [5.41, 5.74) is 1.78. The molecule has 2 atom stereocenters. The first-order valence-corrected chi connectivity index (χ1v) is 9.27. The van der Waals surface area contributed by atoms with E-state index in [1.807, 2.05) is 24.3 Å². The number of amides is 2. The van der Waals surface area contributed by atoms with Crippen molar-refractivity contribution in [3.05, 3.63) is 35.4 Å². The number of aliphatic carboxylic acids is 1. The van der Waals surface area contributed by atoms with Crippen LogP contribution in [0.25, 0.3) is 0 Å². The minimum Gasteiger partial charge on any atom is -0.480 e. The van der Waals surface area contributed by atoms with E-state index in [9.17, 15) is 19.2 Å². The lowest BCUT2D eigenvalue weighted by molar-refractivity contribution is -0.146. The SMILES string of the molecule is CC(=O)SC[C@@H](C)C(=O)N[C@H]1Cc2ccccc2CN(CC(=O)O)C1=O. The van der Waals surface area contributed by atoms with Gasteiger partial charge in [0.2, 0.25) is 11.8 Å². The van der Waals surface area contributed by atoms with Crippen LogP contribution < -0.4 is 5.32 Å². The maximum Gasteiger partial charge on any atom is 0.323 e. The standard InChI is InChI=1S/C18H22N2O5S/c1-11(10-26-12(2)21)17(24)19-15-7-13-5-3-4-6-14(13)8-20(18(15)25)9-16(22)23/h3-6,11,15H,7-10H2,1-2H3,(H,19,24)(H,22,23)/t11-,15+/m1/s1. The third-order valence-electron chi connectivity index (χ3n) is 4.14. The highest BCUT2D eigenvalue weighted by Crippen LogP contribution is 2.20. The zero-order valence-electron chi connectivity index (χ0n) is 14.7. The Bertz CT molecular complexity index is 721. The van der Waals surface area contributed by atoms with E-state index in [1.165, 1.54) is 11.8 Å². The number of nitrogens with zero attached hydrogens (tertiary/aromatic N) is 1. The van der Waals surface area contributed by atoms with Gasteiger partial charge in [0.1, 0.15) is 12.6 Å². The molecule has 2 rings (SSSR count). The molecule has 0 unspecified atom stereocenters. The van der Waals surface area contributed by atoms with E-state index in [-0.39, 0.29) is 17.6 Å². The van der Waals surface area contributed by atoms with Crippen molar-refractivity contribution in [2.24, 2.45) is 5.92 Å². The summed E-state index contributed by atoms with van der Waals surface area (Å²) in [7, 11) is 0. The largest absolute Gasteiger partial charge is 0.480 e. The highest BCUT2D eigenvalue weighted by atomic mass is 32.2. The Morgan fingerprint density at radius 2 is 1.96 bits per heavy atom. The van der Waals surface area contributed by atoms with Crippen LogP contribution in [-0.4, -0.2) is 51.2 Å². The Morgan fingerprint density at radius 3 is 2.58 bits per heavy atom. The molecule has 0 saturated heterocycles. The van der Waals surface area contributed by atoms with Gasteiger partial charge in [0.15, 0.2) is 5.12 Å². The lowest BCUT2D eigenvalue weighted by atomic mass is 10.0. The second-order valence-corrected chi connectivity index (χ2v) is 7.52. The Hall–Kier alpha value is -2.35. The second-order valence-electron chi connectivity index (χ2n) is 6.33. The van der Waals surface area contributed by atoms with Crippen molar-refractivity contribution in [2.75, 3.05) is 12.3 Å². The first-order chi connectivity index (χ1) is 12.3. The quantitative estimate of drug-likeness (QED) is 0.767. The van der Waals surface area contributed by atoms with E-state index >= 15 is 0 Å². The summed E-state index contributed by atoms with van der Waals surface area (Å²) in [4.78, 5) is 48.6. The van der Waals surface area contributed by atoms with Crippen LogP contribution in [0.2, 0.25) is 0 Å². The van der Waals surface area contributed by atoms with Gasteiger partial charge in [-0.15, -0.1) is 0 Å². The number of carboxylic acid groups (broad SMARTS) is 1. The van der Waals surface area contributed by atoms with Gasteiger partial charge in [-0.1, -0.05) is 43.0 Å². The van der Waals surface area contributed by atoms with Crippen LogP contribution in [0.4, 0.5) is 0 Å². The number of carboxylic acids is 1. The molecule has 0 radical (unpaired) electrons. The second kappa shape index (κ2) is 8.84. The van der Waals surface area contributed by atoms with Crippen molar-refractivity contribution in [1.82, 2.24) is 10.2 Å². The average molecular weight is 378 g/mol. The van der Waals surface area contributed by atoms with Gasteiger partial charge in [0.25, 0.3) is 0 Å². The Labute approximate surface area is 156 Å². The molecule has 1 aliphatic rings. The van der Waals surface area contributed by atoms with Crippen LogP contribution in [0.3, 0.4) is 0 Å². The van der Waals surface area contributed by atoms with Gasteiger partial charge in [0.05, 0.1) is 0 Å². The Balaban J connectivity index is 2.17. The molecule has 26 heavy (non-hydrogen) atoms. The monoisotopic (exact) mass is 378 g/mol. The number of carbonyl (C=O) groups is 4. The number of carbonyl (C=O) groups excluding carboxylic acids is 3. The highest BCUT2D eigenvalue weighted by Gasteiger charge is 2.32. The van der Waals surface area contributed by atoms with Crippen LogP contribution >= 0.6 is 11.8 Å². The van der Waals surface area contributed by atoms with Crippen molar-refractivity contribution in [1.29, 1.82) is 0 Å². The minimum absolute atomic E-state index is 0.0725. The molecule has 8 heteroatoms. The number of fused-ring (bicyclic) bond motifs is 1. The number of hydrogen-bond acceptors (Lipinski definition) is 5. The fourth-order valence-corrected chi connectivity index (χ4v) is 3.40. The van der Waals surface area contributed by atoms with E-state index in [0.29, 0.717) is 12.2 Å². The summed E-state index contributed by atoms with van der Waals surface area (Å²) in [6.45, 7) is 2.90. The summed E-state index contributed by atoms with van der Waals surface area (Å²) in [5.74, 6) is -1.95. The number of thioether (sulfide) groups is 1. The number of nitrogens with one attached hydrogen (secondary N) is 1. The lowest BCUT2D eigenvalue weighted by Crippen LogP contribution is -2.50. The van der Waals surface area contributed by atoms with Gasteiger partial charge in [0, 0.05) is 31.6 Å². The normalized spacial score (nSPS) is 17.8. The Morgan fingerprint density at radius 1 is 1.31 bits per heavy atom. The minimum atomic E-state index is -1.10. The van der Waals surface area contributed by atoms with Crippen LogP contribution in [0.15, 0.2) is 24.3 Å². The molecule has 1 heterocycles. The predicted molar refractivity (Wildman–Crippen MR) is 97.4 cm³/mol. The molecular weight excluding hydrogens is 356 g/mol. The number of rotatable bonds is 6. The van der Waals surface area contributed by atoms with Crippen LogP contribution in [0.5, 0.6) is 0 Å². The molecule has 0 bridgehead atoms. The molecule has 0 spiro atoms. The zero-order valence-corrected chi connectivity index (χ0v) is 15.5. The molecule has 1 aliphatic heterocycles. The van der Waals surface area contributed by atoms with Crippen molar-refractivity contribution in [3.8, 4) is 0 Å². The van der Waals surface area contributed by atoms with Gasteiger partial charge in [-0.25, -0.2) is 0 Å². The molecule has 0 fully saturated rings. The van der Waals surface area contributed by atoms with Gasteiger partial charge in [-0.3, -0.25) is 19.2 Å². The summed E-state index contributed by atoms with van der Waals surface area (Å²) in [5, 5.41) is 11.7. The fraction of sp³-hybridized carbons (Fsp3) is 0.444. The van der Waals surface area contributed by atoms with E-state index in [4.69, 9.17) is 5.11 Å². The van der Waals surface area contributed by atoms with Crippen molar-refractivity contribution < 1.29 is 24.3 Å². The van der Waals surface area contributed by atoms with Gasteiger partial charge >= 0.3 is 5.97 Å². The van der Waals surface area contributed by atoms with Crippen molar-refractivity contribution in [2.45, 2.75) is 32.9 Å². The fourth-order valence-electron chi connectivity index (χ4n) is 2.76. The smallest absolute Gasteiger partial charge is 0.323 e. The molecule has 1 aromatic carbocycles. The third-order valence-corrected chi connectivity index (χ3v) is 5.21. The molecule has 0 aromatic heterocycles. The highest BCUT2D eigenvalue weighted by molar-refractivity contribution is 8.13. The maximum atomic E-state index is 12.8. The van der Waals surface area contributed by atoms with E-state index in [2.05, 4.69) is 5.32 Å². The van der Waals surface area contributed by atoms with E-state index in [0.717, 1.165) is 22.9 Å². The molecule has 140 valence electrons. The molecule has 7 nitrogen and oxygen atoms in total. The number of benzene rings is 1. The Kier molecular flexibility index (Phi) is 6.79. The molecule has 2 amide bonds. The van der Waals surface area contributed by atoms with E-state index < -0.39 is 30.4 Å². The summed E-state index contributed by atoms with van der Waals surface area (Å²) < 4.78 is 0. The van der Waals surface area contributed by atoms with Crippen LogP contribution in [0, 0.1) is 5.92 Å². The summed E-state index contributed by atoms with van der Waals surface area (Å²) in [6, 6.07) is 6.59. The van der Waals surface area contributed by atoms with Gasteiger partial charge in [-0.05, 0) is 11.1 Å². The zero-order chi connectivity index (χ0) is 19.3. The molecular formula is C18H22N2O5S.